The minimum atomic E-state index is -1.23. The normalized spacial score (nSPS) is 13.6. The number of carboxylic acids is 1. The van der Waals surface area contributed by atoms with Gasteiger partial charge in [0, 0.05) is 23.6 Å². The van der Waals surface area contributed by atoms with E-state index in [2.05, 4.69) is 10.6 Å². The van der Waals surface area contributed by atoms with E-state index < -0.39 is 23.9 Å². The van der Waals surface area contributed by atoms with Gasteiger partial charge in [-0.2, -0.15) is 0 Å². The number of amides is 2. The lowest BCUT2D eigenvalue weighted by Crippen LogP contribution is -2.42. The molecule has 3 N–H and O–H groups in total. The van der Waals surface area contributed by atoms with E-state index in [0.717, 1.165) is 25.7 Å². The first-order valence-electron chi connectivity index (χ1n) is 13.2. The summed E-state index contributed by atoms with van der Waals surface area (Å²) in [6, 6.07) is 16.2. The van der Waals surface area contributed by atoms with E-state index in [9.17, 15) is 24.3 Å². The molecule has 3 aromatic rings. The summed E-state index contributed by atoms with van der Waals surface area (Å²) in [6.07, 6.45) is 3.83. The number of hydrogen-bond donors (Lipinski definition) is 3. The molecule has 1 fully saturated rings. The summed E-state index contributed by atoms with van der Waals surface area (Å²) in [7, 11) is 2.93. The van der Waals surface area contributed by atoms with Crippen LogP contribution in [-0.2, 0) is 16.0 Å². The van der Waals surface area contributed by atoms with Crippen molar-refractivity contribution in [2.45, 2.75) is 38.1 Å². The highest BCUT2D eigenvalue weighted by Crippen LogP contribution is 2.30. The Balaban J connectivity index is 1.38. The number of benzene rings is 3. The van der Waals surface area contributed by atoms with Gasteiger partial charge in [-0.1, -0.05) is 18.9 Å². The van der Waals surface area contributed by atoms with E-state index in [0.29, 0.717) is 22.6 Å². The van der Waals surface area contributed by atoms with Crippen molar-refractivity contribution >= 4 is 29.4 Å². The molecule has 214 valence electrons. The second-order valence-electron chi connectivity index (χ2n) is 9.72. The highest BCUT2D eigenvalue weighted by atomic mass is 16.6. The molecule has 0 aliphatic heterocycles. The number of carbonyl (C=O) groups is 4. The van der Waals surface area contributed by atoms with Gasteiger partial charge in [0.05, 0.1) is 19.8 Å². The van der Waals surface area contributed by atoms with Crippen LogP contribution in [0.2, 0.25) is 0 Å². The summed E-state index contributed by atoms with van der Waals surface area (Å²) in [5, 5.41) is 15.2. The molecule has 1 aliphatic rings. The Morgan fingerprint density at radius 1 is 0.854 bits per heavy atom. The Morgan fingerprint density at radius 2 is 1.51 bits per heavy atom. The molecule has 4 rings (SSSR count). The van der Waals surface area contributed by atoms with Crippen LogP contribution in [0, 0.1) is 5.92 Å². The third-order valence-corrected chi connectivity index (χ3v) is 6.94. The summed E-state index contributed by atoms with van der Waals surface area (Å²) in [5.74, 6) is -1.40. The standard InChI is InChI=1S/C31H32N2O8/c1-39-24-14-10-22(11-15-24)31(38)41-26-16-7-19(18-27(26)40-2)17-25(30(36)37)33-29(35)21-8-12-23(13-9-21)32-28(34)20-5-3-4-6-20/h7-16,18,20,25H,3-6,17H2,1-2H3,(H,32,34)(H,33,35)(H,36,37). The average Bonchev–Trinajstić information content (AvgIpc) is 3.53. The molecule has 1 saturated carbocycles. The molecule has 2 amide bonds. The number of anilines is 1. The van der Waals surface area contributed by atoms with E-state index in [-0.39, 0.29) is 35.3 Å². The maximum Gasteiger partial charge on any atom is 0.343 e. The molecule has 0 saturated heterocycles. The van der Waals surface area contributed by atoms with Crippen LogP contribution in [0.4, 0.5) is 5.69 Å². The zero-order valence-corrected chi connectivity index (χ0v) is 22.8. The van der Waals surface area contributed by atoms with Crippen molar-refractivity contribution < 1.29 is 38.5 Å². The van der Waals surface area contributed by atoms with Crippen molar-refractivity contribution in [1.82, 2.24) is 5.32 Å². The Morgan fingerprint density at radius 3 is 2.12 bits per heavy atom. The fourth-order valence-corrected chi connectivity index (χ4v) is 4.62. The Hall–Kier alpha value is -4.86. The summed E-state index contributed by atoms with van der Waals surface area (Å²) in [6.45, 7) is 0. The highest BCUT2D eigenvalue weighted by Gasteiger charge is 2.24. The first-order chi connectivity index (χ1) is 19.8. The van der Waals surface area contributed by atoms with Gasteiger partial charge < -0.3 is 30.0 Å². The smallest absolute Gasteiger partial charge is 0.343 e. The van der Waals surface area contributed by atoms with Crippen molar-refractivity contribution in [3.63, 3.8) is 0 Å². The fourth-order valence-electron chi connectivity index (χ4n) is 4.62. The third kappa shape index (κ3) is 7.63. The maximum absolute atomic E-state index is 12.8. The number of nitrogens with one attached hydrogen (secondary N) is 2. The van der Waals surface area contributed by atoms with Crippen molar-refractivity contribution in [2.24, 2.45) is 5.92 Å². The maximum atomic E-state index is 12.8. The predicted octanol–water partition coefficient (Wildman–Crippen LogP) is 4.48. The number of ether oxygens (including phenoxy) is 3. The second-order valence-corrected chi connectivity index (χ2v) is 9.72. The lowest BCUT2D eigenvalue weighted by molar-refractivity contribution is -0.139. The summed E-state index contributed by atoms with van der Waals surface area (Å²) < 4.78 is 15.9. The lowest BCUT2D eigenvalue weighted by Gasteiger charge is -2.16. The lowest BCUT2D eigenvalue weighted by atomic mass is 10.0. The van der Waals surface area contributed by atoms with Gasteiger partial charge in [0.15, 0.2) is 11.5 Å². The summed E-state index contributed by atoms with van der Waals surface area (Å²) in [5.41, 5.74) is 1.69. The highest BCUT2D eigenvalue weighted by molar-refractivity contribution is 5.98. The number of hydrogen-bond acceptors (Lipinski definition) is 7. The Bertz CT molecular complexity index is 1400. The number of methoxy groups -OCH3 is 2. The van der Waals surface area contributed by atoms with Gasteiger partial charge in [-0.25, -0.2) is 9.59 Å². The van der Waals surface area contributed by atoms with Gasteiger partial charge >= 0.3 is 11.9 Å². The molecular weight excluding hydrogens is 528 g/mol. The van der Waals surface area contributed by atoms with Gasteiger partial charge in [-0.05, 0) is 79.1 Å². The van der Waals surface area contributed by atoms with E-state index in [1.165, 1.54) is 32.4 Å². The molecule has 0 bridgehead atoms. The minimum Gasteiger partial charge on any atom is -0.497 e. The Kier molecular flexibility index (Phi) is 9.57. The van der Waals surface area contributed by atoms with Crippen LogP contribution < -0.4 is 24.8 Å². The van der Waals surface area contributed by atoms with Crippen LogP contribution in [0.25, 0.3) is 0 Å². The summed E-state index contributed by atoms with van der Waals surface area (Å²) in [4.78, 5) is 49.7. The van der Waals surface area contributed by atoms with Crippen molar-refractivity contribution in [2.75, 3.05) is 19.5 Å². The number of rotatable bonds is 11. The van der Waals surface area contributed by atoms with Crippen LogP contribution in [0.5, 0.6) is 17.2 Å². The van der Waals surface area contributed by atoms with Crippen molar-refractivity contribution in [1.29, 1.82) is 0 Å². The molecule has 1 atom stereocenters. The number of aliphatic carboxylic acids is 1. The molecule has 41 heavy (non-hydrogen) atoms. The van der Waals surface area contributed by atoms with Crippen LogP contribution in [0.1, 0.15) is 52.0 Å². The third-order valence-electron chi connectivity index (χ3n) is 6.94. The van der Waals surface area contributed by atoms with E-state index >= 15 is 0 Å². The summed E-state index contributed by atoms with van der Waals surface area (Å²) >= 11 is 0. The van der Waals surface area contributed by atoms with E-state index in [1.807, 2.05) is 0 Å². The van der Waals surface area contributed by atoms with Crippen molar-refractivity contribution in [3.05, 3.63) is 83.4 Å². The molecule has 0 heterocycles. The minimum absolute atomic E-state index is 0.0162. The molecule has 1 unspecified atom stereocenters. The average molecular weight is 561 g/mol. The number of carboxylic acid groups (broad SMARTS) is 1. The zero-order valence-electron chi connectivity index (χ0n) is 22.8. The molecule has 10 heteroatoms. The predicted molar refractivity (Wildman–Crippen MR) is 151 cm³/mol. The molecule has 3 aromatic carbocycles. The quantitative estimate of drug-likeness (QED) is 0.230. The SMILES string of the molecule is COc1ccc(C(=O)Oc2ccc(CC(NC(=O)c3ccc(NC(=O)C4CCCC4)cc3)C(=O)O)cc2OC)cc1. The first kappa shape index (κ1) is 29.1. The fraction of sp³-hybridized carbons (Fsp3) is 0.290. The first-order valence-corrected chi connectivity index (χ1v) is 13.2. The van der Waals surface area contributed by atoms with Gasteiger partial charge in [-0.3, -0.25) is 9.59 Å². The number of carbonyl (C=O) groups excluding carboxylic acids is 3. The van der Waals surface area contributed by atoms with Crippen LogP contribution in [0.3, 0.4) is 0 Å². The monoisotopic (exact) mass is 560 g/mol. The van der Waals surface area contributed by atoms with Crippen molar-refractivity contribution in [3.8, 4) is 17.2 Å². The molecule has 0 radical (unpaired) electrons. The van der Waals surface area contributed by atoms with Gasteiger partial charge in [0.25, 0.3) is 5.91 Å². The van der Waals surface area contributed by atoms with Crippen LogP contribution in [-0.4, -0.2) is 49.1 Å². The van der Waals surface area contributed by atoms with Gasteiger partial charge in [0.1, 0.15) is 11.8 Å². The largest absolute Gasteiger partial charge is 0.497 e. The van der Waals surface area contributed by atoms with Gasteiger partial charge in [-0.15, -0.1) is 0 Å². The van der Waals surface area contributed by atoms with Gasteiger partial charge in [0.2, 0.25) is 5.91 Å². The molecule has 1 aliphatic carbocycles. The zero-order chi connectivity index (χ0) is 29.4. The second kappa shape index (κ2) is 13.5. The topological polar surface area (TPSA) is 140 Å². The molecule has 0 aromatic heterocycles. The molecule has 10 nitrogen and oxygen atoms in total. The van der Waals surface area contributed by atoms with Crippen LogP contribution >= 0.6 is 0 Å². The number of esters is 1. The Labute approximate surface area is 237 Å². The molecule has 0 spiro atoms. The molecular formula is C31H32N2O8. The van der Waals surface area contributed by atoms with E-state index in [1.54, 1.807) is 48.5 Å². The van der Waals surface area contributed by atoms with E-state index in [4.69, 9.17) is 14.2 Å². The van der Waals surface area contributed by atoms with Crippen LogP contribution in [0.15, 0.2) is 66.7 Å².